The van der Waals surface area contributed by atoms with Gasteiger partial charge in [-0.15, -0.1) is 0 Å². The van der Waals surface area contributed by atoms with E-state index in [-0.39, 0.29) is 10.7 Å². The van der Waals surface area contributed by atoms with E-state index in [2.05, 4.69) is 10.3 Å². The summed E-state index contributed by atoms with van der Waals surface area (Å²) in [5, 5.41) is 2.74. The number of carbonyl (C=O) groups excluding carboxylic acids is 2. The van der Waals surface area contributed by atoms with Crippen molar-refractivity contribution in [1.82, 2.24) is 14.9 Å². The molecule has 156 valence electrons. The van der Waals surface area contributed by atoms with Crippen molar-refractivity contribution in [2.45, 2.75) is 27.7 Å². The van der Waals surface area contributed by atoms with Crippen LogP contribution in [0.2, 0.25) is 0 Å². The highest BCUT2D eigenvalue weighted by atomic mass is 32.1. The molecule has 3 aromatic rings. The van der Waals surface area contributed by atoms with E-state index in [1.165, 1.54) is 4.90 Å². The summed E-state index contributed by atoms with van der Waals surface area (Å²) in [5.74, 6) is -0.163. The Kier molecular flexibility index (Phi) is 5.29. The van der Waals surface area contributed by atoms with Crippen LogP contribution >= 0.6 is 12.2 Å². The molecule has 3 heterocycles. The lowest BCUT2D eigenvalue weighted by atomic mass is 10.0. The first-order chi connectivity index (χ1) is 14.8. The molecule has 4 rings (SSSR count). The molecule has 0 atom stereocenters. The second kappa shape index (κ2) is 7.92. The first kappa shape index (κ1) is 20.7. The fraction of sp³-hybridized carbons (Fsp3) is 0.167. The van der Waals surface area contributed by atoms with E-state index in [1.54, 1.807) is 12.3 Å². The predicted octanol–water partition coefficient (Wildman–Crippen LogP) is 3.94. The van der Waals surface area contributed by atoms with E-state index in [0.717, 1.165) is 33.9 Å². The topological polar surface area (TPSA) is 67.2 Å². The van der Waals surface area contributed by atoms with Gasteiger partial charge in [0.05, 0.1) is 5.69 Å². The Balaban J connectivity index is 1.79. The van der Waals surface area contributed by atoms with Crippen LogP contribution in [0.4, 0.5) is 5.69 Å². The van der Waals surface area contributed by atoms with Crippen LogP contribution in [0.5, 0.6) is 0 Å². The van der Waals surface area contributed by atoms with E-state index < -0.39 is 11.8 Å². The minimum atomic E-state index is -0.501. The number of carbonyl (C=O) groups is 2. The van der Waals surface area contributed by atoms with Crippen LogP contribution in [-0.2, 0) is 9.59 Å². The Morgan fingerprint density at radius 1 is 1.03 bits per heavy atom. The zero-order valence-electron chi connectivity index (χ0n) is 17.8. The number of hydrogen-bond donors (Lipinski definition) is 1. The molecular formula is C24H22N4O2S. The third-order valence-electron chi connectivity index (χ3n) is 5.36. The molecule has 0 bridgehead atoms. The lowest BCUT2D eigenvalue weighted by Crippen LogP contribution is -2.54. The molecule has 2 amide bonds. The predicted molar refractivity (Wildman–Crippen MR) is 125 cm³/mol. The van der Waals surface area contributed by atoms with E-state index >= 15 is 0 Å². The van der Waals surface area contributed by atoms with Crippen LogP contribution in [0.1, 0.15) is 28.1 Å². The second-order valence-corrected chi connectivity index (χ2v) is 7.98. The average molecular weight is 431 g/mol. The van der Waals surface area contributed by atoms with Crippen LogP contribution in [-0.4, -0.2) is 26.5 Å². The fourth-order valence-corrected chi connectivity index (χ4v) is 4.04. The molecule has 1 N–H and O–H groups in total. The molecule has 2 aromatic heterocycles. The number of rotatable bonds is 3. The highest BCUT2D eigenvalue weighted by molar-refractivity contribution is 7.80. The van der Waals surface area contributed by atoms with Gasteiger partial charge in [0, 0.05) is 17.6 Å². The van der Waals surface area contributed by atoms with Crippen molar-refractivity contribution in [3.05, 3.63) is 82.3 Å². The number of pyridine rings is 1. The molecule has 1 aromatic carbocycles. The van der Waals surface area contributed by atoms with Gasteiger partial charge >= 0.3 is 0 Å². The maximum Gasteiger partial charge on any atom is 0.270 e. The number of nitrogens with one attached hydrogen (secondary N) is 1. The number of aryl methyl sites for hydroxylation is 3. The van der Waals surface area contributed by atoms with E-state index in [1.807, 2.05) is 74.7 Å². The Hall–Kier alpha value is -3.58. The molecule has 0 unspecified atom stereocenters. The third-order valence-corrected chi connectivity index (χ3v) is 5.64. The normalized spacial score (nSPS) is 15.5. The Labute approximate surface area is 186 Å². The van der Waals surface area contributed by atoms with Gasteiger partial charge in [-0.2, -0.15) is 0 Å². The summed E-state index contributed by atoms with van der Waals surface area (Å²) in [4.78, 5) is 31.9. The monoisotopic (exact) mass is 430 g/mol. The molecular weight excluding hydrogens is 408 g/mol. The van der Waals surface area contributed by atoms with Crippen LogP contribution < -0.4 is 10.2 Å². The number of hydrogen-bond acceptors (Lipinski definition) is 4. The van der Waals surface area contributed by atoms with Crippen LogP contribution in [0.25, 0.3) is 11.9 Å². The minimum absolute atomic E-state index is 0.0378. The molecule has 0 spiro atoms. The molecule has 7 heteroatoms. The summed E-state index contributed by atoms with van der Waals surface area (Å²) in [5.41, 5.74) is 5.21. The fourth-order valence-electron chi connectivity index (χ4n) is 3.76. The lowest BCUT2D eigenvalue weighted by molar-refractivity contribution is -0.122. The smallest absolute Gasteiger partial charge is 0.270 e. The standard InChI is InChI=1S/C24H22N4O2S/c1-14-8-9-15(2)20(11-14)28-23(30)19(22(29)26-24(28)31)13-18-12-16(3)27(17(18)4)21-7-5-6-10-25-21/h5-13H,1-4H3,(H,26,29,31)/b19-13+. The maximum absolute atomic E-state index is 13.4. The van der Waals surface area contributed by atoms with E-state index in [9.17, 15) is 9.59 Å². The van der Waals surface area contributed by atoms with Gasteiger partial charge < -0.3 is 4.57 Å². The van der Waals surface area contributed by atoms with Crippen molar-refractivity contribution < 1.29 is 9.59 Å². The van der Waals surface area contributed by atoms with Gasteiger partial charge in [0.1, 0.15) is 11.4 Å². The van der Waals surface area contributed by atoms with Gasteiger partial charge in [0.15, 0.2) is 5.11 Å². The van der Waals surface area contributed by atoms with E-state index in [4.69, 9.17) is 12.2 Å². The first-order valence-corrected chi connectivity index (χ1v) is 10.3. The molecule has 31 heavy (non-hydrogen) atoms. The van der Waals surface area contributed by atoms with Gasteiger partial charge in [-0.3, -0.25) is 19.8 Å². The summed E-state index contributed by atoms with van der Waals surface area (Å²) in [7, 11) is 0. The number of benzene rings is 1. The molecule has 1 fully saturated rings. The number of nitrogens with zero attached hydrogens (tertiary/aromatic N) is 3. The number of amides is 2. The van der Waals surface area contributed by atoms with Crippen molar-refractivity contribution in [2.24, 2.45) is 0 Å². The molecule has 1 saturated heterocycles. The van der Waals surface area contributed by atoms with Gasteiger partial charge in [-0.25, -0.2) is 4.98 Å². The van der Waals surface area contributed by atoms with Crippen LogP contribution in [0.15, 0.2) is 54.2 Å². The van der Waals surface area contributed by atoms with Crippen molar-refractivity contribution >= 4 is 40.9 Å². The quantitative estimate of drug-likeness (QED) is 0.388. The van der Waals surface area contributed by atoms with Crippen LogP contribution in [0, 0.1) is 27.7 Å². The number of thiocarbonyl (C=S) groups is 1. The molecule has 0 saturated carbocycles. The highest BCUT2D eigenvalue weighted by Gasteiger charge is 2.35. The maximum atomic E-state index is 13.4. The van der Waals surface area contributed by atoms with Crippen LogP contribution in [0.3, 0.4) is 0 Å². The summed E-state index contributed by atoms with van der Waals surface area (Å²) < 4.78 is 1.99. The number of anilines is 1. The summed E-state index contributed by atoms with van der Waals surface area (Å²) in [6, 6.07) is 13.4. The Bertz CT molecular complexity index is 1260. The molecule has 6 nitrogen and oxygen atoms in total. The molecule has 0 radical (unpaired) electrons. The summed E-state index contributed by atoms with van der Waals surface area (Å²) >= 11 is 5.33. The van der Waals surface area contributed by atoms with Gasteiger partial charge in [-0.05, 0) is 86.9 Å². The second-order valence-electron chi connectivity index (χ2n) is 7.60. The minimum Gasteiger partial charge on any atom is -0.303 e. The number of aromatic nitrogens is 2. The molecule has 1 aliphatic heterocycles. The first-order valence-electron chi connectivity index (χ1n) is 9.87. The highest BCUT2D eigenvalue weighted by Crippen LogP contribution is 2.28. The zero-order chi connectivity index (χ0) is 22.3. The summed E-state index contributed by atoms with van der Waals surface area (Å²) in [6.45, 7) is 7.75. The summed E-state index contributed by atoms with van der Waals surface area (Å²) in [6.07, 6.45) is 3.35. The van der Waals surface area contributed by atoms with Crippen molar-refractivity contribution in [1.29, 1.82) is 0 Å². The van der Waals surface area contributed by atoms with Crippen molar-refractivity contribution in [2.75, 3.05) is 4.90 Å². The third kappa shape index (κ3) is 3.68. The van der Waals surface area contributed by atoms with E-state index in [0.29, 0.717) is 5.69 Å². The van der Waals surface area contributed by atoms with Gasteiger partial charge in [0.2, 0.25) is 0 Å². The van der Waals surface area contributed by atoms with Gasteiger partial charge in [0.25, 0.3) is 11.8 Å². The SMILES string of the molecule is Cc1ccc(C)c(N2C(=O)/C(=C/c3cc(C)n(-c4ccccn4)c3C)C(=O)NC2=S)c1. The van der Waals surface area contributed by atoms with Crippen molar-refractivity contribution in [3.8, 4) is 5.82 Å². The largest absolute Gasteiger partial charge is 0.303 e. The Morgan fingerprint density at radius 2 is 1.81 bits per heavy atom. The van der Waals surface area contributed by atoms with Crippen molar-refractivity contribution in [3.63, 3.8) is 0 Å². The van der Waals surface area contributed by atoms with Gasteiger partial charge in [-0.1, -0.05) is 18.2 Å². The Morgan fingerprint density at radius 3 is 2.52 bits per heavy atom. The average Bonchev–Trinajstić information content (AvgIpc) is 3.01. The molecule has 0 aliphatic carbocycles. The lowest BCUT2D eigenvalue weighted by Gasteiger charge is -2.30. The molecule has 1 aliphatic rings. The zero-order valence-corrected chi connectivity index (χ0v) is 18.6.